The highest BCUT2D eigenvalue weighted by Gasteiger charge is 2.35. The third-order valence-corrected chi connectivity index (χ3v) is 6.76. The Kier molecular flexibility index (Phi) is 8.43. The standard InChI is InChI=1S/C28H29F3N2OS/c1-27(2,3)22-17-15-20(16-18-22)24(19-28(29,30)31)35-26(33(4)23-13-9-6-10-14-23)32-25(34)21-11-7-5-8-12-21/h5-18,24H,19H2,1-4H3. The Hall–Kier alpha value is -3.06. The number of hydrogen-bond donors (Lipinski definition) is 0. The van der Waals surface area contributed by atoms with E-state index in [1.165, 1.54) is 0 Å². The van der Waals surface area contributed by atoms with Gasteiger partial charge in [-0.2, -0.15) is 18.2 Å². The Labute approximate surface area is 209 Å². The van der Waals surface area contributed by atoms with Crippen LogP contribution in [-0.2, 0) is 5.41 Å². The van der Waals surface area contributed by atoms with E-state index >= 15 is 0 Å². The fourth-order valence-corrected chi connectivity index (χ4v) is 4.66. The van der Waals surface area contributed by atoms with Crippen LogP contribution in [0, 0.1) is 0 Å². The summed E-state index contributed by atoms with van der Waals surface area (Å²) in [6.07, 6.45) is -5.44. The largest absolute Gasteiger partial charge is 0.390 e. The van der Waals surface area contributed by atoms with E-state index in [-0.39, 0.29) is 10.6 Å². The number of halogens is 3. The molecule has 0 bridgehead atoms. The summed E-state index contributed by atoms with van der Waals surface area (Å²) in [4.78, 5) is 18.8. The number of hydrogen-bond acceptors (Lipinski definition) is 2. The third-order valence-electron chi connectivity index (χ3n) is 5.46. The lowest BCUT2D eigenvalue weighted by molar-refractivity contribution is -0.134. The maximum Gasteiger partial charge on any atom is 0.390 e. The molecule has 0 radical (unpaired) electrons. The normalized spacial score (nSPS) is 13.4. The number of carbonyl (C=O) groups excluding carboxylic acids is 1. The van der Waals surface area contributed by atoms with Gasteiger partial charge < -0.3 is 4.90 Å². The van der Waals surface area contributed by atoms with Crippen LogP contribution in [-0.4, -0.2) is 24.3 Å². The number of benzene rings is 3. The molecule has 0 aliphatic rings. The zero-order valence-corrected chi connectivity index (χ0v) is 21.0. The number of thioether (sulfide) groups is 1. The number of anilines is 1. The first-order valence-electron chi connectivity index (χ1n) is 11.2. The maximum absolute atomic E-state index is 13.6. The summed E-state index contributed by atoms with van der Waals surface area (Å²) < 4.78 is 40.9. The molecule has 3 aromatic rings. The number of amidine groups is 1. The Bertz CT molecular complexity index is 1140. The van der Waals surface area contributed by atoms with E-state index in [2.05, 4.69) is 25.8 Å². The lowest BCUT2D eigenvalue weighted by Crippen LogP contribution is -2.26. The highest BCUT2D eigenvalue weighted by atomic mass is 32.2. The van der Waals surface area contributed by atoms with Gasteiger partial charge in [-0.1, -0.05) is 93.2 Å². The Morgan fingerprint density at radius 1 is 0.886 bits per heavy atom. The van der Waals surface area contributed by atoms with Crippen LogP contribution in [0.2, 0.25) is 0 Å². The number of carbonyl (C=O) groups is 1. The minimum atomic E-state index is -4.39. The average Bonchev–Trinajstić information content (AvgIpc) is 2.82. The van der Waals surface area contributed by atoms with Crippen molar-refractivity contribution in [1.82, 2.24) is 0 Å². The van der Waals surface area contributed by atoms with Crippen LogP contribution in [0.25, 0.3) is 0 Å². The van der Waals surface area contributed by atoms with Gasteiger partial charge in [0.05, 0.1) is 6.42 Å². The van der Waals surface area contributed by atoms with Gasteiger partial charge in [-0.25, -0.2) is 0 Å². The van der Waals surface area contributed by atoms with Crippen LogP contribution in [0.15, 0.2) is 89.9 Å². The minimum absolute atomic E-state index is 0.118. The number of amides is 1. The summed E-state index contributed by atoms with van der Waals surface area (Å²) in [7, 11) is 1.70. The molecule has 1 atom stereocenters. The van der Waals surface area contributed by atoms with Crippen molar-refractivity contribution in [3.63, 3.8) is 0 Å². The van der Waals surface area contributed by atoms with E-state index in [0.29, 0.717) is 16.8 Å². The summed E-state index contributed by atoms with van der Waals surface area (Å²) in [5, 5.41) is -0.781. The first kappa shape index (κ1) is 26.5. The van der Waals surface area contributed by atoms with Crippen molar-refractivity contribution in [3.8, 4) is 0 Å². The van der Waals surface area contributed by atoms with E-state index in [9.17, 15) is 18.0 Å². The van der Waals surface area contributed by atoms with Gasteiger partial charge >= 0.3 is 6.18 Å². The molecule has 0 aromatic heterocycles. The van der Waals surface area contributed by atoms with Crippen LogP contribution < -0.4 is 4.90 Å². The molecule has 0 N–H and O–H groups in total. The highest BCUT2D eigenvalue weighted by molar-refractivity contribution is 8.14. The first-order valence-corrected chi connectivity index (χ1v) is 12.1. The topological polar surface area (TPSA) is 32.7 Å². The molecule has 1 unspecified atom stereocenters. The van der Waals surface area contributed by atoms with Crippen molar-refractivity contribution >= 4 is 28.5 Å². The molecule has 0 fully saturated rings. The van der Waals surface area contributed by atoms with Crippen LogP contribution >= 0.6 is 11.8 Å². The van der Waals surface area contributed by atoms with Crippen molar-refractivity contribution in [2.45, 2.75) is 44.0 Å². The van der Waals surface area contributed by atoms with Crippen LogP contribution in [0.1, 0.15) is 53.9 Å². The number of aliphatic imine (C=N–C) groups is 1. The van der Waals surface area contributed by atoms with E-state index in [1.54, 1.807) is 54.4 Å². The van der Waals surface area contributed by atoms with Crippen LogP contribution in [0.4, 0.5) is 18.9 Å². The lowest BCUT2D eigenvalue weighted by atomic mass is 9.86. The van der Waals surface area contributed by atoms with Crippen LogP contribution in [0.3, 0.4) is 0 Å². The molecule has 7 heteroatoms. The van der Waals surface area contributed by atoms with Gasteiger partial charge in [0.25, 0.3) is 5.91 Å². The second kappa shape index (κ2) is 11.1. The molecular formula is C28H29F3N2OS. The zero-order valence-electron chi connectivity index (χ0n) is 20.2. The molecule has 0 heterocycles. The Morgan fingerprint density at radius 2 is 1.43 bits per heavy atom. The summed E-state index contributed by atoms with van der Waals surface area (Å²) in [6, 6.07) is 24.8. The highest BCUT2D eigenvalue weighted by Crippen LogP contribution is 2.41. The fraction of sp³-hybridized carbons (Fsp3) is 0.286. The summed E-state index contributed by atoms with van der Waals surface area (Å²) >= 11 is 0.944. The summed E-state index contributed by atoms with van der Waals surface area (Å²) in [5.41, 5.74) is 2.53. The van der Waals surface area contributed by atoms with E-state index in [4.69, 9.17) is 0 Å². The molecule has 0 saturated heterocycles. The molecule has 0 spiro atoms. The van der Waals surface area contributed by atoms with Gasteiger partial charge in [-0.15, -0.1) is 0 Å². The lowest BCUT2D eigenvalue weighted by Gasteiger charge is -2.26. The van der Waals surface area contributed by atoms with Crippen molar-refractivity contribution in [2.75, 3.05) is 11.9 Å². The molecule has 3 aromatic carbocycles. The van der Waals surface area contributed by atoms with Gasteiger partial charge in [0.2, 0.25) is 0 Å². The van der Waals surface area contributed by atoms with Crippen molar-refractivity contribution in [1.29, 1.82) is 0 Å². The average molecular weight is 499 g/mol. The van der Waals surface area contributed by atoms with Gasteiger partial charge in [0, 0.05) is 23.5 Å². The second-order valence-corrected chi connectivity index (χ2v) is 10.4. The molecule has 0 saturated carbocycles. The zero-order chi connectivity index (χ0) is 25.6. The Balaban J connectivity index is 2.01. The van der Waals surface area contributed by atoms with E-state index in [1.807, 2.05) is 42.5 Å². The predicted octanol–water partition coefficient (Wildman–Crippen LogP) is 8.04. The molecular weight excluding hydrogens is 469 g/mol. The number of rotatable bonds is 5. The number of nitrogens with zero attached hydrogens (tertiary/aromatic N) is 2. The second-order valence-electron chi connectivity index (χ2n) is 9.26. The first-order chi connectivity index (χ1) is 16.4. The monoisotopic (exact) mass is 498 g/mol. The quantitative estimate of drug-likeness (QED) is 0.264. The van der Waals surface area contributed by atoms with Gasteiger partial charge in [-0.3, -0.25) is 4.79 Å². The molecule has 3 nitrogen and oxygen atoms in total. The summed E-state index contributed by atoms with van der Waals surface area (Å²) in [5.74, 6) is -0.510. The SMILES string of the molecule is CN(C(=NC(=O)c1ccccc1)SC(CC(F)(F)F)c1ccc(C(C)(C)C)cc1)c1ccccc1. The number of para-hydroxylation sites is 1. The molecule has 184 valence electrons. The van der Waals surface area contributed by atoms with Crippen LogP contribution in [0.5, 0.6) is 0 Å². The number of alkyl halides is 3. The van der Waals surface area contributed by atoms with Gasteiger partial charge in [-0.05, 0) is 40.8 Å². The molecule has 3 rings (SSSR count). The van der Waals surface area contributed by atoms with Crippen molar-refractivity contribution in [2.24, 2.45) is 4.99 Å². The molecule has 0 aliphatic heterocycles. The Morgan fingerprint density at radius 3 is 1.94 bits per heavy atom. The van der Waals surface area contributed by atoms with E-state index in [0.717, 1.165) is 17.3 Å². The summed E-state index contributed by atoms with van der Waals surface area (Å²) in [6.45, 7) is 6.16. The molecule has 1 amide bonds. The third kappa shape index (κ3) is 7.72. The minimum Gasteiger partial charge on any atom is -0.324 e. The van der Waals surface area contributed by atoms with Crippen molar-refractivity contribution in [3.05, 3.63) is 102 Å². The molecule has 35 heavy (non-hydrogen) atoms. The van der Waals surface area contributed by atoms with E-state index < -0.39 is 23.8 Å². The maximum atomic E-state index is 13.6. The van der Waals surface area contributed by atoms with Gasteiger partial charge in [0.15, 0.2) is 5.17 Å². The fourth-order valence-electron chi connectivity index (χ4n) is 3.44. The van der Waals surface area contributed by atoms with Crippen molar-refractivity contribution < 1.29 is 18.0 Å². The van der Waals surface area contributed by atoms with Gasteiger partial charge in [0.1, 0.15) is 0 Å². The predicted molar refractivity (Wildman–Crippen MR) is 139 cm³/mol. The smallest absolute Gasteiger partial charge is 0.324 e. The molecule has 0 aliphatic carbocycles.